The molecule has 0 spiro atoms. The van der Waals surface area contributed by atoms with Crippen molar-refractivity contribution < 1.29 is 4.79 Å². The summed E-state index contributed by atoms with van der Waals surface area (Å²) >= 11 is 0. The van der Waals surface area contributed by atoms with Crippen LogP contribution in [0, 0.1) is 6.92 Å². The van der Waals surface area contributed by atoms with E-state index in [2.05, 4.69) is 24.1 Å². The highest BCUT2D eigenvalue weighted by atomic mass is 16.2. The number of aromatic amines is 1. The molecule has 0 aliphatic rings. The molecule has 2 rings (SSSR count). The van der Waals surface area contributed by atoms with Crippen molar-refractivity contribution in [2.24, 2.45) is 0 Å². The summed E-state index contributed by atoms with van der Waals surface area (Å²) in [7, 11) is 0. The van der Waals surface area contributed by atoms with Crippen molar-refractivity contribution in [1.29, 1.82) is 0 Å². The third kappa shape index (κ3) is 3.15. The second kappa shape index (κ2) is 5.74. The largest absolute Gasteiger partial charge is 0.364 e. The zero-order chi connectivity index (χ0) is 14.7. The second-order valence-corrected chi connectivity index (χ2v) is 5.12. The highest BCUT2D eigenvalue weighted by Gasteiger charge is 2.10. The summed E-state index contributed by atoms with van der Waals surface area (Å²) in [4.78, 5) is 26.6. The number of carbonyl (C=O) groups is 1. The normalized spacial score (nSPS) is 10.6. The van der Waals surface area contributed by atoms with Crippen LogP contribution in [0.4, 0.5) is 5.69 Å². The first kappa shape index (κ1) is 14.1. The van der Waals surface area contributed by atoms with E-state index in [1.165, 1.54) is 17.8 Å². The molecule has 0 fully saturated rings. The summed E-state index contributed by atoms with van der Waals surface area (Å²) in [6.07, 6.45) is 1.44. The number of aromatic nitrogens is 1. The predicted octanol–water partition coefficient (Wildman–Crippen LogP) is 3.06. The average molecular weight is 270 g/mol. The maximum atomic E-state index is 12.0. The average Bonchev–Trinajstić information content (AvgIpc) is 2.39. The molecule has 1 aromatic heterocycles. The number of nitrogens with one attached hydrogen (secondary N) is 2. The Balaban J connectivity index is 2.17. The van der Waals surface area contributed by atoms with Gasteiger partial charge in [0.2, 0.25) is 0 Å². The van der Waals surface area contributed by atoms with Gasteiger partial charge >= 0.3 is 0 Å². The van der Waals surface area contributed by atoms with Crippen LogP contribution in [0.5, 0.6) is 0 Å². The van der Waals surface area contributed by atoms with Gasteiger partial charge in [-0.2, -0.15) is 0 Å². The second-order valence-electron chi connectivity index (χ2n) is 5.12. The smallest absolute Gasteiger partial charge is 0.261 e. The quantitative estimate of drug-likeness (QED) is 0.900. The van der Waals surface area contributed by atoms with Crippen LogP contribution in [0.2, 0.25) is 0 Å². The van der Waals surface area contributed by atoms with Crippen LogP contribution in [0.25, 0.3) is 0 Å². The van der Waals surface area contributed by atoms with Crippen LogP contribution >= 0.6 is 0 Å². The molecule has 2 aromatic rings. The van der Waals surface area contributed by atoms with E-state index in [0.29, 0.717) is 11.6 Å². The molecule has 1 amide bonds. The number of amides is 1. The molecule has 4 nitrogen and oxygen atoms in total. The molecule has 104 valence electrons. The van der Waals surface area contributed by atoms with Gasteiger partial charge in [-0.1, -0.05) is 26.0 Å². The lowest BCUT2D eigenvalue weighted by Gasteiger charge is -2.08. The summed E-state index contributed by atoms with van der Waals surface area (Å²) in [5, 5.41) is 2.73. The lowest BCUT2D eigenvalue weighted by Crippen LogP contribution is -2.21. The Morgan fingerprint density at radius 3 is 2.40 bits per heavy atom. The van der Waals surface area contributed by atoms with Gasteiger partial charge in [-0.05, 0) is 30.5 Å². The zero-order valence-corrected chi connectivity index (χ0v) is 11.9. The van der Waals surface area contributed by atoms with Crippen molar-refractivity contribution >= 4 is 11.6 Å². The molecule has 0 bridgehead atoms. The zero-order valence-electron chi connectivity index (χ0n) is 11.9. The molecule has 0 radical (unpaired) electrons. The molecule has 0 aliphatic heterocycles. The fourth-order valence-corrected chi connectivity index (χ4v) is 1.90. The summed E-state index contributed by atoms with van der Waals surface area (Å²) in [5.41, 5.74) is 2.45. The molecule has 20 heavy (non-hydrogen) atoms. The highest BCUT2D eigenvalue weighted by Crippen LogP contribution is 2.17. The molecule has 0 unspecified atom stereocenters. The van der Waals surface area contributed by atoms with Crippen LogP contribution < -0.4 is 10.7 Å². The number of carbonyl (C=O) groups excluding carboxylic acids is 1. The maximum Gasteiger partial charge on any atom is 0.261 e. The van der Waals surface area contributed by atoms with E-state index in [1.54, 1.807) is 6.92 Å². The molecule has 0 saturated carbocycles. The fraction of sp³-hybridized carbons (Fsp3) is 0.250. The number of benzene rings is 1. The van der Waals surface area contributed by atoms with Gasteiger partial charge in [0, 0.05) is 23.6 Å². The van der Waals surface area contributed by atoms with E-state index < -0.39 is 5.91 Å². The van der Waals surface area contributed by atoms with Crippen molar-refractivity contribution in [2.75, 3.05) is 5.32 Å². The first-order chi connectivity index (χ1) is 9.47. The van der Waals surface area contributed by atoms with Gasteiger partial charge in [-0.3, -0.25) is 9.59 Å². The first-order valence-electron chi connectivity index (χ1n) is 6.58. The van der Waals surface area contributed by atoms with Gasteiger partial charge in [0.05, 0.1) is 0 Å². The molecule has 1 heterocycles. The standard InChI is InChI=1S/C16H18N2O2/c1-10(2)12-4-6-13(7-5-12)18-16(20)14-9-17-11(3)8-15(14)19/h4-10H,1-3H3,(H,17,19)(H,18,20). The number of pyridine rings is 1. The maximum absolute atomic E-state index is 12.0. The lowest BCUT2D eigenvalue weighted by atomic mass is 10.0. The minimum atomic E-state index is -0.399. The number of hydrogen-bond donors (Lipinski definition) is 2. The third-order valence-electron chi connectivity index (χ3n) is 3.14. The molecule has 0 saturated heterocycles. The number of hydrogen-bond acceptors (Lipinski definition) is 2. The SMILES string of the molecule is Cc1cc(=O)c(C(=O)Nc2ccc(C(C)C)cc2)c[nH]1. The minimum Gasteiger partial charge on any atom is -0.364 e. The monoisotopic (exact) mass is 270 g/mol. The molecule has 0 atom stereocenters. The number of H-pyrrole nitrogens is 1. The Kier molecular flexibility index (Phi) is 4.03. The fourth-order valence-electron chi connectivity index (χ4n) is 1.90. The Morgan fingerprint density at radius 2 is 1.85 bits per heavy atom. The minimum absolute atomic E-state index is 0.114. The van der Waals surface area contributed by atoms with Gasteiger partial charge in [0.15, 0.2) is 5.43 Å². The Bertz CT molecular complexity index is 670. The van der Waals surface area contributed by atoms with Crippen molar-refractivity contribution in [3.63, 3.8) is 0 Å². The first-order valence-corrected chi connectivity index (χ1v) is 6.58. The summed E-state index contributed by atoms with van der Waals surface area (Å²) in [6.45, 7) is 5.99. The van der Waals surface area contributed by atoms with Gasteiger partial charge in [-0.25, -0.2) is 0 Å². The van der Waals surface area contributed by atoms with Gasteiger partial charge in [0.25, 0.3) is 5.91 Å². The Morgan fingerprint density at radius 1 is 1.20 bits per heavy atom. The molecule has 0 aliphatic carbocycles. The highest BCUT2D eigenvalue weighted by molar-refractivity contribution is 6.03. The van der Waals surface area contributed by atoms with Gasteiger partial charge in [-0.15, -0.1) is 0 Å². The summed E-state index contributed by atoms with van der Waals surface area (Å²) in [5.74, 6) is 0.0447. The van der Waals surface area contributed by atoms with Crippen LogP contribution in [-0.2, 0) is 0 Å². The van der Waals surface area contributed by atoms with E-state index in [1.807, 2.05) is 24.3 Å². The van der Waals surface area contributed by atoms with Crippen LogP contribution in [0.1, 0.15) is 41.4 Å². The molecule has 4 heteroatoms. The van der Waals surface area contributed by atoms with Crippen molar-refractivity contribution in [3.05, 3.63) is 63.6 Å². The van der Waals surface area contributed by atoms with Gasteiger partial charge < -0.3 is 10.3 Å². The van der Waals surface area contributed by atoms with Crippen molar-refractivity contribution in [3.8, 4) is 0 Å². The molecule has 2 N–H and O–H groups in total. The summed E-state index contributed by atoms with van der Waals surface area (Å²) in [6, 6.07) is 9.04. The molecular weight excluding hydrogens is 252 g/mol. The van der Waals surface area contributed by atoms with Gasteiger partial charge in [0.1, 0.15) is 5.56 Å². The van der Waals surface area contributed by atoms with Crippen LogP contribution in [0.3, 0.4) is 0 Å². The Labute approximate surface area is 117 Å². The number of anilines is 1. The lowest BCUT2D eigenvalue weighted by molar-refractivity contribution is 0.102. The third-order valence-corrected chi connectivity index (χ3v) is 3.14. The number of rotatable bonds is 3. The van der Waals surface area contributed by atoms with E-state index in [-0.39, 0.29) is 11.0 Å². The van der Waals surface area contributed by atoms with E-state index >= 15 is 0 Å². The topological polar surface area (TPSA) is 62.0 Å². The van der Waals surface area contributed by atoms with Crippen molar-refractivity contribution in [2.45, 2.75) is 26.7 Å². The number of aryl methyl sites for hydroxylation is 1. The Hall–Kier alpha value is -2.36. The van der Waals surface area contributed by atoms with Crippen LogP contribution in [0.15, 0.2) is 41.3 Å². The van der Waals surface area contributed by atoms with E-state index in [4.69, 9.17) is 0 Å². The molecule has 1 aromatic carbocycles. The van der Waals surface area contributed by atoms with Crippen LogP contribution in [-0.4, -0.2) is 10.9 Å². The molecular formula is C16H18N2O2. The van der Waals surface area contributed by atoms with Crippen molar-refractivity contribution in [1.82, 2.24) is 4.98 Å². The van der Waals surface area contributed by atoms with E-state index in [9.17, 15) is 9.59 Å². The summed E-state index contributed by atoms with van der Waals surface area (Å²) < 4.78 is 0. The predicted molar refractivity (Wildman–Crippen MR) is 80.3 cm³/mol. The van der Waals surface area contributed by atoms with E-state index in [0.717, 1.165) is 5.69 Å².